The molecule has 0 bridgehead atoms. The number of rotatable bonds is 14. The molecule has 0 unspecified atom stereocenters. The molecule has 3 fully saturated rings. The number of aliphatic hydroxyl groups excluding tert-OH is 1. The smallest absolute Gasteiger partial charge is 0.309 e. The van der Waals surface area contributed by atoms with Crippen molar-refractivity contribution in [1.82, 2.24) is 9.80 Å². The highest BCUT2D eigenvalue weighted by Crippen LogP contribution is 2.38. The van der Waals surface area contributed by atoms with E-state index < -0.39 is 115 Å². The standard InChI is InChI=1S/C48H80N2O16/c1-14-37(53)63-36-25-38(54)58-28(3)18-16-15-17-19-35(64-39-21-20-34(49(9)10)29(4)59-39)27(2)24-33(22-23-51)44(45(36)57-13)66-47-42(55)41(50(11)12)43(30(5)61-47)65-40-26-48(8,56)46(31(6)60-40)62-32(7)52/h15-17,19,23,27-31,33-36,39-47,55-56H,14,18,20-22,24-26H2,1-13H3/b16-15+,19-17+/t27-,28-,29-,30-,31+,33+,34+,35+,36-,39+,40+,41-,42-,43-,44+,45+,46+,47+,48-/m1/s1. The average molecular weight is 941 g/mol. The minimum atomic E-state index is -1.50. The molecule has 18 heteroatoms. The molecule has 4 aliphatic heterocycles. The molecule has 4 rings (SSSR count). The summed E-state index contributed by atoms with van der Waals surface area (Å²) in [4.78, 5) is 55.1. The van der Waals surface area contributed by atoms with E-state index in [0.29, 0.717) is 19.3 Å². The predicted octanol–water partition coefficient (Wildman–Crippen LogP) is 3.86. The summed E-state index contributed by atoms with van der Waals surface area (Å²) in [5, 5.41) is 23.6. The number of aliphatic hydroxyl groups is 2. The van der Waals surface area contributed by atoms with E-state index in [1.54, 1.807) is 53.6 Å². The van der Waals surface area contributed by atoms with E-state index in [2.05, 4.69) is 4.90 Å². The Labute approximate surface area is 391 Å². The summed E-state index contributed by atoms with van der Waals surface area (Å²) in [5.74, 6) is -2.72. The zero-order valence-electron chi connectivity index (χ0n) is 41.4. The van der Waals surface area contributed by atoms with Crippen molar-refractivity contribution in [1.29, 1.82) is 0 Å². The highest BCUT2D eigenvalue weighted by molar-refractivity contribution is 5.72. The van der Waals surface area contributed by atoms with E-state index in [4.69, 9.17) is 47.4 Å². The van der Waals surface area contributed by atoms with Crippen LogP contribution < -0.4 is 0 Å². The Kier molecular flexibility index (Phi) is 21.7. The number of esters is 3. The molecule has 0 aromatic rings. The van der Waals surface area contributed by atoms with Crippen molar-refractivity contribution < 1.29 is 76.8 Å². The molecule has 0 saturated carbocycles. The fourth-order valence-corrected chi connectivity index (χ4v) is 9.84. The Bertz CT molecular complexity index is 1610. The molecule has 378 valence electrons. The second kappa shape index (κ2) is 25.6. The van der Waals surface area contributed by atoms with Gasteiger partial charge >= 0.3 is 17.9 Å². The molecule has 66 heavy (non-hydrogen) atoms. The van der Waals surface area contributed by atoms with Crippen molar-refractivity contribution in [2.24, 2.45) is 11.8 Å². The number of carbonyl (C=O) groups is 4. The van der Waals surface area contributed by atoms with E-state index in [0.717, 1.165) is 12.7 Å². The Morgan fingerprint density at radius 1 is 0.894 bits per heavy atom. The van der Waals surface area contributed by atoms with Crippen molar-refractivity contribution in [3.05, 3.63) is 24.3 Å². The molecule has 19 atom stereocenters. The van der Waals surface area contributed by atoms with Crippen molar-refractivity contribution in [2.45, 2.75) is 210 Å². The zero-order chi connectivity index (χ0) is 49.0. The van der Waals surface area contributed by atoms with Gasteiger partial charge in [0.25, 0.3) is 0 Å². The van der Waals surface area contributed by atoms with Crippen LogP contribution in [0.1, 0.15) is 107 Å². The van der Waals surface area contributed by atoms with Gasteiger partial charge < -0.3 is 72.2 Å². The Balaban J connectivity index is 1.73. The van der Waals surface area contributed by atoms with Crippen LogP contribution in [0, 0.1) is 11.8 Å². The molecule has 0 aromatic carbocycles. The maximum Gasteiger partial charge on any atom is 0.309 e. The molecule has 4 heterocycles. The third kappa shape index (κ3) is 15.3. The average Bonchev–Trinajstić information content (AvgIpc) is 3.22. The monoisotopic (exact) mass is 941 g/mol. The van der Waals surface area contributed by atoms with Gasteiger partial charge in [0.1, 0.15) is 42.4 Å². The molecule has 0 amide bonds. The second-order valence-electron chi connectivity index (χ2n) is 19.2. The molecule has 0 aromatic heterocycles. The van der Waals surface area contributed by atoms with Gasteiger partial charge in [0.05, 0.1) is 43.0 Å². The van der Waals surface area contributed by atoms with Gasteiger partial charge in [-0.1, -0.05) is 38.2 Å². The Morgan fingerprint density at radius 2 is 1.59 bits per heavy atom. The van der Waals surface area contributed by atoms with Crippen LogP contribution in [0.2, 0.25) is 0 Å². The topological polar surface area (TPSA) is 208 Å². The number of carbonyl (C=O) groups excluding carboxylic acids is 4. The van der Waals surface area contributed by atoms with E-state index in [-0.39, 0.29) is 43.7 Å². The minimum absolute atomic E-state index is 0.00317. The molecule has 0 aliphatic carbocycles. The number of nitrogens with zero attached hydrogens (tertiary/aromatic N) is 2. The van der Waals surface area contributed by atoms with Crippen LogP contribution in [-0.4, -0.2) is 183 Å². The molecular weight excluding hydrogens is 861 g/mol. The van der Waals surface area contributed by atoms with Gasteiger partial charge in [-0.25, -0.2) is 0 Å². The van der Waals surface area contributed by atoms with Gasteiger partial charge in [0.15, 0.2) is 25.0 Å². The summed E-state index contributed by atoms with van der Waals surface area (Å²) in [5.41, 5.74) is -1.50. The maximum atomic E-state index is 13.6. The second-order valence-corrected chi connectivity index (χ2v) is 19.2. The van der Waals surface area contributed by atoms with Crippen LogP contribution in [0.25, 0.3) is 0 Å². The van der Waals surface area contributed by atoms with Gasteiger partial charge in [-0.15, -0.1) is 0 Å². The fraction of sp³-hybridized carbons (Fsp3) is 0.833. The van der Waals surface area contributed by atoms with Crippen LogP contribution >= 0.6 is 0 Å². The Hall–Kier alpha value is -2.88. The van der Waals surface area contributed by atoms with Gasteiger partial charge in [-0.3, -0.25) is 14.4 Å². The number of ether oxygens (including phenoxy) is 10. The minimum Gasteiger partial charge on any atom is -0.462 e. The quantitative estimate of drug-likeness (QED) is 0.144. The lowest BCUT2D eigenvalue weighted by molar-refractivity contribution is -0.344. The summed E-state index contributed by atoms with van der Waals surface area (Å²) < 4.78 is 62.4. The molecule has 0 radical (unpaired) electrons. The van der Waals surface area contributed by atoms with Crippen LogP contribution in [0.15, 0.2) is 24.3 Å². The van der Waals surface area contributed by atoms with Gasteiger partial charge in [-0.2, -0.15) is 0 Å². The number of cyclic esters (lactones) is 1. The first-order valence-electron chi connectivity index (χ1n) is 23.6. The van der Waals surface area contributed by atoms with Crippen LogP contribution in [0.5, 0.6) is 0 Å². The van der Waals surface area contributed by atoms with Crippen molar-refractivity contribution in [3.8, 4) is 0 Å². The van der Waals surface area contributed by atoms with Crippen molar-refractivity contribution in [2.75, 3.05) is 35.3 Å². The third-order valence-electron chi connectivity index (χ3n) is 13.2. The van der Waals surface area contributed by atoms with Crippen LogP contribution in [0.4, 0.5) is 0 Å². The first kappa shape index (κ1) is 55.7. The third-order valence-corrected chi connectivity index (χ3v) is 13.2. The van der Waals surface area contributed by atoms with E-state index in [1.165, 1.54) is 14.0 Å². The lowest BCUT2D eigenvalue weighted by atomic mass is 9.82. The molecular formula is C48H80N2O16. The molecule has 2 N–H and O–H groups in total. The maximum absolute atomic E-state index is 13.6. The Morgan fingerprint density at radius 3 is 2.18 bits per heavy atom. The number of methoxy groups -OCH3 is 1. The van der Waals surface area contributed by atoms with Gasteiger partial charge in [-0.05, 0) is 93.9 Å². The largest absolute Gasteiger partial charge is 0.462 e. The summed E-state index contributed by atoms with van der Waals surface area (Å²) in [7, 11) is 9.01. The van der Waals surface area contributed by atoms with E-state index in [9.17, 15) is 29.4 Å². The summed E-state index contributed by atoms with van der Waals surface area (Å²) in [6.45, 7) is 13.7. The predicted molar refractivity (Wildman–Crippen MR) is 241 cm³/mol. The number of aldehydes is 1. The first-order chi connectivity index (χ1) is 31.1. The van der Waals surface area contributed by atoms with Gasteiger partial charge in [0.2, 0.25) is 0 Å². The van der Waals surface area contributed by atoms with Crippen molar-refractivity contribution >= 4 is 24.2 Å². The summed E-state index contributed by atoms with van der Waals surface area (Å²) in [6, 6.07) is -0.545. The molecule has 0 spiro atoms. The normalized spacial score (nSPS) is 42.0. The molecule has 18 nitrogen and oxygen atoms in total. The zero-order valence-corrected chi connectivity index (χ0v) is 41.4. The summed E-state index contributed by atoms with van der Waals surface area (Å²) >= 11 is 0. The van der Waals surface area contributed by atoms with E-state index in [1.807, 2.05) is 52.2 Å². The highest BCUT2D eigenvalue weighted by Gasteiger charge is 2.53. The van der Waals surface area contributed by atoms with Crippen LogP contribution in [-0.2, 0) is 66.5 Å². The molecule has 4 aliphatic rings. The van der Waals surface area contributed by atoms with Crippen molar-refractivity contribution in [3.63, 3.8) is 0 Å². The van der Waals surface area contributed by atoms with E-state index >= 15 is 0 Å². The number of allylic oxidation sites excluding steroid dienone is 2. The SMILES string of the molecule is CCC(=O)O[C@@H]1CC(=O)O[C@H](C)C/C=C/C=C/[C@H](O[C@H]2CC[C@H](N(C)C)[C@@H](C)O2)[C@H](C)C[C@H](CC=O)[C@H](O[C@@H]2O[C@H](C)[C@@H](O[C@H]3C[C@@](C)(O)[C@@H](OC(C)=O)[C@H](C)O3)[C@H](N(C)C)[C@H]2O)[C@H]1OC. The molecule has 3 saturated heterocycles. The first-order valence-corrected chi connectivity index (χ1v) is 23.6. The number of hydrogen-bond donors (Lipinski definition) is 2. The lowest BCUT2D eigenvalue weighted by Gasteiger charge is -2.50. The number of likely N-dealkylation sites (N-methyl/N-ethyl adjacent to an activating group) is 2. The van der Waals surface area contributed by atoms with Crippen LogP contribution in [0.3, 0.4) is 0 Å². The fourth-order valence-electron chi connectivity index (χ4n) is 9.84. The highest BCUT2D eigenvalue weighted by atomic mass is 16.7. The lowest BCUT2D eigenvalue weighted by Crippen LogP contribution is -2.66. The summed E-state index contributed by atoms with van der Waals surface area (Å²) in [6.07, 6.45) is -1.89. The number of hydrogen-bond acceptors (Lipinski definition) is 18. The van der Waals surface area contributed by atoms with Gasteiger partial charge in [0, 0.05) is 45.8 Å².